The lowest BCUT2D eigenvalue weighted by atomic mass is 9.99. The Morgan fingerprint density at radius 1 is 0.299 bits per heavy atom. The van der Waals surface area contributed by atoms with Crippen LogP contribution in [0.15, 0.2) is 0 Å². The SMILES string of the molecule is CCCCCCCCCCCCCCCC(=O)O[C@H](COC(=O)CCCCCCCCCCCCCCCCCCCCC(C)CC)COC(=O)CCCCCCCCCCCCC(C)CC. The van der Waals surface area contributed by atoms with Gasteiger partial charge in [-0.25, -0.2) is 0 Å². The van der Waals surface area contributed by atoms with Crippen molar-refractivity contribution < 1.29 is 28.6 Å². The lowest BCUT2D eigenvalue weighted by Crippen LogP contribution is -2.30. The monoisotopic (exact) mass is 947 g/mol. The van der Waals surface area contributed by atoms with Crippen molar-refractivity contribution in [3.8, 4) is 0 Å². The Balaban J connectivity index is 4.23. The molecule has 0 fully saturated rings. The molecule has 0 radical (unpaired) electrons. The van der Waals surface area contributed by atoms with E-state index in [0.717, 1.165) is 69.6 Å². The van der Waals surface area contributed by atoms with Gasteiger partial charge in [-0.2, -0.15) is 0 Å². The molecule has 0 aliphatic rings. The van der Waals surface area contributed by atoms with Crippen LogP contribution in [0.4, 0.5) is 0 Å². The molecule has 0 spiro atoms. The second-order valence-electron chi connectivity index (χ2n) is 21.5. The Morgan fingerprint density at radius 2 is 0.522 bits per heavy atom. The van der Waals surface area contributed by atoms with Gasteiger partial charge in [0.1, 0.15) is 13.2 Å². The summed E-state index contributed by atoms with van der Waals surface area (Å²) in [6, 6.07) is 0. The van der Waals surface area contributed by atoms with Gasteiger partial charge < -0.3 is 14.2 Å². The Hall–Kier alpha value is -1.59. The molecule has 0 saturated heterocycles. The molecule has 0 aliphatic heterocycles. The van der Waals surface area contributed by atoms with Crippen molar-refractivity contribution in [2.24, 2.45) is 11.8 Å². The summed E-state index contributed by atoms with van der Waals surface area (Å²) in [4.78, 5) is 38.2. The largest absolute Gasteiger partial charge is 0.462 e. The zero-order valence-electron chi connectivity index (χ0n) is 46.0. The van der Waals surface area contributed by atoms with Gasteiger partial charge in [0, 0.05) is 19.3 Å². The number of unbranched alkanes of at least 4 members (excludes halogenated alkanes) is 38. The molecule has 6 heteroatoms. The average molecular weight is 948 g/mol. The molecule has 0 bridgehead atoms. The number of carbonyl (C=O) groups is 3. The summed E-state index contributed by atoms with van der Waals surface area (Å²) in [5, 5.41) is 0. The van der Waals surface area contributed by atoms with Gasteiger partial charge in [-0.15, -0.1) is 0 Å². The van der Waals surface area contributed by atoms with Crippen LogP contribution in [-0.2, 0) is 28.6 Å². The maximum absolute atomic E-state index is 12.8. The first-order chi connectivity index (χ1) is 32.8. The molecule has 0 saturated carbocycles. The van der Waals surface area contributed by atoms with Crippen molar-refractivity contribution in [1.82, 2.24) is 0 Å². The number of hydrogen-bond acceptors (Lipinski definition) is 6. The lowest BCUT2D eigenvalue weighted by Gasteiger charge is -2.18. The van der Waals surface area contributed by atoms with E-state index in [1.54, 1.807) is 0 Å². The minimum absolute atomic E-state index is 0.0624. The fourth-order valence-electron chi connectivity index (χ4n) is 9.34. The highest BCUT2D eigenvalue weighted by atomic mass is 16.6. The number of carbonyl (C=O) groups excluding carboxylic acids is 3. The molecule has 0 rings (SSSR count). The first-order valence-electron chi connectivity index (χ1n) is 30.3. The molecule has 0 aromatic rings. The molecule has 6 nitrogen and oxygen atoms in total. The maximum Gasteiger partial charge on any atom is 0.306 e. The van der Waals surface area contributed by atoms with E-state index >= 15 is 0 Å². The number of ether oxygens (including phenoxy) is 3. The van der Waals surface area contributed by atoms with E-state index < -0.39 is 6.10 Å². The highest BCUT2D eigenvalue weighted by Gasteiger charge is 2.19. The first-order valence-corrected chi connectivity index (χ1v) is 30.3. The van der Waals surface area contributed by atoms with E-state index in [0.29, 0.717) is 19.3 Å². The van der Waals surface area contributed by atoms with Gasteiger partial charge in [-0.1, -0.05) is 304 Å². The molecule has 0 aromatic heterocycles. The van der Waals surface area contributed by atoms with Crippen LogP contribution in [0.1, 0.15) is 343 Å². The minimum atomic E-state index is -0.763. The first kappa shape index (κ1) is 65.4. The highest BCUT2D eigenvalue weighted by Crippen LogP contribution is 2.19. The molecule has 0 aliphatic carbocycles. The van der Waals surface area contributed by atoms with Gasteiger partial charge in [0.15, 0.2) is 6.10 Å². The van der Waals surface area contributed by atoms with Gasteiger partial charge in [0.2, 0.25) is 0 Å². The van der Waals surface area contributed by atoms with Crippen LogP contribution >= 0.6 is 0 Å². The van der Waals surface area contributed by atoms with Crippen LogP contribution < -0.4 is 0 Å². The second kappa shape index (κ2) is 53.8. The van der Waals surface area contributed by atoms with Gasteiger partial charge >= 0.3 is 17.9 Å². The van der Waals surface area contributed by atoms with E-state index in [4.69, 9.17) is 14.2 Å². The van der Waals surface area contributed by atoms with E-state index in [1.807, 2.05) is 0 Å². The summed E-state index contributed by atoms with van der Waals surface area (Å²) in [6.45, 7) is 11.5. The molecule has 67 heavy (non-hydrogen) atoms. The molecule has 0 amide bonds. The summed E-state index contributed by atoms with van der Waals surface area (Å²) in [6.07, 6.45) is 58.0. The Labute approximate surface area is 418 Å². The van der Waals surface area contributed by atoms with Crippen LogP contribution in [0.5, 0.6) is 0 Å². The molecule has 398 valence electrons. The average Bonchev–Trinajstić information content (AvgIpc) is 3.33. The van der Waals surface area contributed by atoms with Crippen molar-refractivity contribution in [2.45, 2.75) is 349 Å². The van der Waals surface area contributed by atoms with E-state index in [-0.39, 0.29) is 31.1 Å². The third-order valence-corrected chi connectivity index (χ3v) is 14.7. The van der Waals surface area contributed by atoms with Crippen molar-refractivity contribution >= 4 is 17.9 Å². The van der Waals surface area contributed by atoms with Crippen LogP contribution in [-0.4, -0.2) is 37.2 Å². The third-order valence-electron chi connectivity index (χ3n) is 14.7. The molecule has 0 N–H and O–H groups in total. The Kier molecular flexibility index (Phi) is 52.5. The summed E-state index contributed by atoms with van der Waals surface area (Å²) in [5.74, 6) is 0.943. The quantitative estimate of drug-likeness (QED) is 0.0343. The van der Waals surface area contributed by atoms with Gasteiger partial charge in [0.05, 0.1) is 0 Å². The smallest absolute Gasteiger partial charge is 0.306 e. The second-order valence-corrected chi connectivity index (χ2v) is 21.5. The van der Waals surface area contributed by atoms with Crippen molar-refractivity contribution in [2.75, 3.05) is 13.2 Å². The van der Waals surface area contributed by atoms with E-state index in [9.17, 15) is 14.4 Å². The number of rotatable bonds is 55. The van der Waals surface area contributed by atoms with Crippen LogP contribution in [0, 0.1) is 11.8 Å². The Morgan fingerprint density at radius 3 is 0.776 bits per heavy atom. The molecule has 0 heterocycles. The normalized spacial score (nSPS) is 12.9. The maximum atomic E-state index is 12.8. The van der Waals surface area contributed by atoms with Crippen molar-refractivity contribution in [3.05, 3.63) is 0 Å². The van der Waals surface area contributed by atoms with Gasteiger partial charge in [-0.3, -0.25) is 14.4 Å². The zero-order chi connectivity index (χ0) is 48.9. The Bertz CT molecular complexity index is 1030. The molecule has 2 unspecified atom stereocenters. The topological polar surface area (TPSA) is 78.9 Å². The van der Waals surface area contributed by atoms with Crippen LogP contribution in [0.25, 0.3) is 0 Å². The van der Waals surface area contributed by atoms with Crippen molar-refractivity contribution in [1.29, 1.82) is 0 Å². The van der Waals surface area contributed by atoms with Crippen LogP contribution in [0.2, 0.25) is 0 Å². The van der Waals surface area contributed by atoms with Gasteiger partial charge in [-0.05, 0) is 31.1 Å². The molecule has 3 atom stereocenters. The molecular weight excluding hydrogens is 829 g/mol. The van der Waals surface area contributed by atoms with Crippen molar-refractivity contribution in [3.63, 3.8) is 0 Å². The number of hydrogen-bond donors (Lipinski definition) is 0. The lowest BCUT2D eigenvalue weighted by molar-refractivity contribution is -0.167. The fourth-order valence-corrected chi connectivity index (χ4v) is 9.34. The predicted molar refractivity (Wildman–Crippen MR) is 289 cm³/mol. The molecular formula is C61H118O6. The van der Waals surface area contributed by atoms with E-state index in [2.05, 4.69) is 34.6 Å². The predicted octanol–water partition coefficient (Wildman–Crippen LogP) is 20.0. The summed E-state index contributed by atoms with van der Waals surface area (Å²) < 4.78 is 16.9. The zero-order valence-corrected chi connectivity index (χ0v) is 46.0. The fraction of sp³-hybridized carbons (Fsp3) is 0.951. The minimum Gasteiger partial charge on any atom is -0.462 e. The molecule has 0 aromatic carbocycles. The summed E-state index contributed by atoms with van der Waals surface area (Å²) >= 11 is 0. The van der Waals surface area contributed by atoms with Crippen LogP contribution in [0.3, 0.4) is 0 Å². The van der Waals surface area contributed by atoms with E-state index in [1.165, 1.54) is 231 Å². The summed E-state index contributed by atoms with van der Waals surface area (Å²) in [5.41, 5.74) is 0. The number of esters is 3. The third kappa shape index (κ3) is 52.1. The highest BCUT2D eigenvalue weighted by molar-refractivity contribution is 5.71. The summed E-state index contributed by atoms with van der Waals surface area (Å²) in [7, 11) is 0. The van der Waals surface area contributed by atoms with Gasteiger partial charge in [0.25, 0.3) is 0 Å². The standard InChI is InChI=1S/C61H118O6/c1-6-9-10-11-12-13-14-21-26-33-38-43-48-53-61(64)67-58(55-66-60(63)52-47-42-37-32-28-27-30-35-40-45-50-57(5)8-3)54-65-59(62)51-46-41-36-31-25-23-20-18-16-15-17-19-22-24-29-34-39-44-49-56(4)7-2/h56-58H,6-55H2,1-5H3/t56?,57?,58-/m1/s1.